The number of carboxylic acids is 1. The second kappa shape index (κ2) is 12.5. The van der Waals surface area contributed by atoms with E-state index in [1.807, 2.05) is 4.52 Å². The van der Waals surface area contributed by atoms with Gasteiger partial charge >= 0.3 is 5.97 Å². The lowest BCUT2D eigenvalue weighted by atomic mass is 9.97. The van der Waals surface area contributed by atoms with Crippen LogP contribution in [0.25, 0.3) is 26.8 Å². The van der Waals surface area contributed by atoms with Gasteiger partial charge in [0.1, 0.15) is 5.01 Å². The molecular weight excluding hydrogens is 500 g/mol. The molecule has 8 nitrogen and oxygen atoms in total. The van der Waals surface area contributed by atoms with Crippen LogP contribution in [0.3, 0.4) is 0 Å². The normalized spacial score (nSPS) is 14.4. The number of imidazole rings is 1. The Morgan fingerprint density at radius 2 is 1.71 bits per heavy atom. The van der Waals surface area contributed by atoms with Gasteiger partial charge in [0.05, 0.1) is 17.5 Å². The average molecular weight is 535 g/mol. The summed E-state index contributed by atoms with van der Waals surface area (Å²) in [6.45, 7) is 4.66. The number of aromatic carboxylic acids is 1. The molecule has 0 unspecified atom stereocenters. The minimum atomic E-state index is -0.937. The summed E-state index contributed by atoms with van der Waals surface area (Å²) < 4.78 is 12.9. The molecule has 1 saturated heterocycles. The van der Waals surface area contributed by atoms with E-state index < -0.39 is 5.97 Å². The fourth-order valence-electron chi connectivity index (χ4n) is 4.84. The van der Waals surface area contributed by atoms with Gasteiger partial charge in [-0.15, -0.1) is 0 Å². The molecule has 1 aliphatic heterocycles. The topological polar surface area (TPSA) is 89.2 Å². The van der Waals surface area contributed by atoms with Gasteiger partial charge in [-0.2, -0.15) is 5.10 Å². The van der Waals surface area contributed by atoms with Crippen LogP contribution in [0.2, 0.25) is 0 Å². The van der Waals surface area contributed by atoms with Gasteiger partial charge in [-0.25, -0.2) is 14.3 Å². The van der Waals surface area contributed by atoms with E-state index in [4.69, 9.17) is 19.7 Å². The predicted molar refractivity (Wildman–Crippen MR) is 150 cm³/mol. The van der Waals surface area contributed by atoms with Crippen molar-refractivity contribution >= 4 is 28.0 Å². The van der Waals surface area contributed by atoms with E-state index in [1.54, 1.807) is 48.9 Å². The lowest BCUT2D eigenvalue weighted by molar-refractivity contribution is 0.0697. The molecule has 0 amide bonds. The first-order valence-electron chi connectivity index (χ1n) is 13.2. The number of unbranched alkanes of at least 4 members (excludes halogenated alkanes) is 2. The molecule has 0 saturated carbocycles. The van der Waals surface area contributed by atoms with Crippen LogP contribution in [0.4, 0.5) is 5.69 Å². The number of fused-ring (bicyclic) bond motifs is 1. The first-order chi connectivity index (χ1) is 18.6. The van der Waals surface area contributed by atoms with Gasteiger partial charge in [0.2, 0.25) is 4.96 Å². The minimum Gasteiger partial charge on any atom is -0.478 e. The molecule has 1 aliphatic rings. The Morgan fingerprint density at radius 1 is 1.00 bits per heavy atom. The summed E-state index contributed by atoms with van der Waals surface area (Å²) in [6.07, 6.45) is 7.48. The highest BCUT2D eigenvalue weighted by Crippen LogP contribution is 2.31. The maximum atomic E-state index is 11.2. The molecule has 0 spiro atoms. The summed E-state index contributed by atoms with van der Waals surface area (Å²) in [7, 11) is 1.75. The van der Waals surface area contributed by atoms with Crippen molar-refractivity contribution in [3.05, 3.63) is 60.3 Å². The molecule has 1 fully saturated rings. The summed E-state index contributed by atoms with van der Waals surface area (Å²) in [5.41, 5.74) is 4.28. The molecule has 200 valence electrons. The van der Waals surface area contributed by atoms with Crippen molar-refractivity contribution in [3.8, 4) is 21.8 Å². The van der Waals surface area contributed by atoms with Crippen LogP contribution in [-0.2, 0) is 9.47 Å². The lowest BCUT2D eigenvalue weighted by Crippen LogP contribution is -2.35. The number of benzene rings is 2. The summed E-state index contributed by atoms with van der Waals surface area (Å²) in [5, 5.41) is 14.9. The van der Waals surface area contributed by atoms with Crippen LogP contribution < -0.4 is 4.90 Å². The molecule has 38 heavy (non-hydrogen) atoms. The Morgan fingerprint density at radius 3 is 2.42 bits per heavy atom. The molecule has 0 radical (unpaired) electrons. The molecule has 9 heteroatoms. The Balaban J connectivity index is 1.15. The largest absolute Gasteiger partial charge is 0.478 e. The maximum Gasteiger partial charge on any atom is 0.335 e. The number of hydrogen-bond donors (Lipinski definition) is 1. The standard InChI is InChI=1S/C29H34N4O4S/c1-36-17-3-2-4-18-37-20-21-13-15-32(16-14-21)25-11-9-23(10-12-25)27-31-33-26(19-30-29(33)38-27)22-5-7-24(8-6-22)28(34)35/h5-12,19,21H,2-4,13-18,20H2,1H3,(H,34,35). The van der Waals surface area contributed by atoms with Crippen LogP contribution in [-0.4, -0.2) is 65.7 Å². The van der Waals surface area contributed by atoms with Crippen LogP contribution in [0.15, 0.2) is 54.7 Å². The minimum absolute atomic E-state index is 0.260. The second-order valence-corrected chi connectivity index (χ2v) is 10.7. The number of aromatic nitrogens is 3. The highest BCUT2D eigenvalue weighted by atomic mass is 32.1. The van der Waals surface area contributed by atoms with Gasteiger partial charge in [-0.05, 0) is 74.4 Å². The highest BCUT2D eigenvalue weighted by Gasteiger charge is 2.20. The van der Waals surface area contributed by atoms with Crippen molar-refractivity contribution in [2.45, 2.75) is 32.1 Å². The third-order valence-electron chi connectivity index (χ3n) is 7.10. The quantitative estimate of drug-likeness (QED) is 0.227. The number of hydrogen-bond acceptors (Lipinski definition) is 7. The zero-order chi connectivity index (χ0) is 26.3. The third kappa shape index (κ3) is 6.23. The Bertz CT molecular complexity index is 1330. The molecule has 1 N–H and O–H groups in total. The Hall–Kier alpha value is -3.27. The number of anilines is 1. The highest BCUT2D eigenvalue weighted by molar-refractivity contribution is 7.19. The van der Waals surface area contributed by atoms with Crippen molar-refractivity contribution in [1.29, 1.82) is 0 Å². The van der Waals surface area contributed by atoms with Crippen molar-refractivity contribution in [2.75, 3.05) is 44.9 Å². The average Bonchev–Trinajstić information content (AvgIpc) is 3.54. The van der Waals surface area contributed by atoms with Crippen LogP contribution in [0, 0.1) is 5.92 Å². The van der Waals surface area contributed by atoms with Crippen molar-refractivity contribution in [1.82, 2.24) is 14.6 Å². The fraction of sp³-hybridized carbons (Fsp3) is 0.414. The molecule has 0 bridgehead atoms. The molecule has 5 rings (SSSR count). The van der Waals surface area contributed by atoms with E-state index in [0.717, 1.165) is 85.4 Å². The Labute approximate surface area is 226 Å². The maximum absolute atomic E-state index is 11.2. The van der Waals surface area contributed by atoms with Crippen LogP contribution in [0.5, 0.6) is 0 Å². The predicted octanol–water partition coefficient (Wildman–Crippen LogP) is 5.87. The van der Waals surface area contributed by atoms with E-state index in [-0.39, 0.29) is 5.56 Å². The number of nitrogens with zero attached hydrogens (tertiary/aromatic N) is 4. The van der Waals surface area contributed by atoms with Crippen molar-refractivity contribution < 1.29 is 19.4 Å². The monoisotopic (exact) mass is 534 g/mol. The molecule has 0 atom stereocenters. The zero-order valence-electron chi connectivity index (χ0n) is 21.7. The Kier molecular flexibility index (Phi) is 8.68. The van der Waals surface area contributed by atoms with Crippen LogP contribution >= 0.6 is 11.3 Å². The number of piperidine rings is 1. The molecule has 2 aromatic carbocycles. The summed E-state index contributed by atoms with van der Waals surface area (Å²) >= 11 is 1.54. The van der Waals surface area contributed by atoms with Crippen LogP contribution in [0.1, 0.15) is 42.5 Å². The number of carboxylic acid groups (broad SMARTS) is 1. The first-order valence-corrected chi connectivity index (χ1v) is 14.0. The molecule has 0 aliphatic carbocycles. The lowest BCUT2D eigenvalue weighted by Gasteiger charge is -2.33. The third-order valence-corrected chi connectivity index (χ3v) is 8.07. The van der Waals surface area contributed by atoms with E-state index in [2.05, 4.69) is 34.1 Å². The van der Waals surface area contributed by atoms with Gasteiger partial charge in [0.25, 0.3) is 0 Å². The SMILES string of the molecule is COCCCCCOCC1CCN(c2ccc(-c3nn4c(-c5ccc(C(=O)O)cc5)cnc4s3)cc2)CC1. The van der Waals surface area contributed by atoms with Gasteiger partial charge in [0, 0.05) is 56.8 Å². The van der Waals surface area contributed by atoms with E-state index >= 15 is 0 Å². The summed E-state index contributed by atoms with van der Waals surface area (Å²) in [4.78, 5) is 18.9. The second-order valence-electron chi connectivity index (χ2n) is 9.73. The van der Waals surface area contributed by atoms with Gasteiger partial charge in [0.15, 0.2) is 0 Å². The van der Waals surface area contributed by atoms with E-state index in [1.165, 1.54) is 12.1 Å². The summed E-state index contributed by atoms with van der Waals surface area (Å²) in [6, 6.07) is 15.4. The molecule has 2 aromatic heterocycles. The number of rotatable bonds is 12. The zero-order valence-corrected chi connectivity index (χ0v) is 22.5. The van der Waals surface area contributed by atoms with Crippen molar-refractivity contribution in [2.24, 2.45) is 5.92 Å². The smallest absolute Gasteiger partial charge is 0.335 e. The van der Waals surface area contributed by atoms with Gasteiger partial charge in [-0.1, -0.05) is 23.5 Å². The number of methoxy groups -OCH3 is 1. The number of ether oxygens (including phenoxy) is 2. The molecule has 4 aromatic rings. The van der Waals surface area contributed by atoms with E-state index in [9.17, 15) is 4.79 Å². The molecular formula is C29H34N4O4S. The number of carbonyl (C=O) groups is 1. The fourth-order valence-corrected chi connectivity index (χ4v) is 5.72. The van der Waals surface area contributed by atoms with Gasteiger partial charge in [-0.3, -0.25) is 0 Å². The van der Waals surface area contributed by atoms with Crippen molar-refractivity contribution in [3.63, 3.8) is 0 Å². The molecule has 3 heterocycles. The first kappa shape index (κ1) is 26.3. The van der Waals surface area contributed by atoms with Gasteiger partial charge < -0.3 is 19.5 Å². The van der Waals surface area contributed by atoms with E-state index in [0.29, 0.717) is 5.92 Å². The summed E-state index contributed by atoms with van der Waals surface area (Å²) in [5.74, 6) is -0.293.